The lowest BCUT2D eigenvalue weighted by Crippen LogP contribution is -2.49. The number of carboxylic acid groups (broad SMARTS) is 1. The van der Waals surface area contributed by atoms with Crippen LogP contribution in [0.1, 0.15) is 29.2 Å². The monoisotopic (exact) mass is 453 g/mol. The molecule has 1 N–H and O–H groups in total. The van der Waals surface area contributed by atoms with Crippen LogP contribution < -0.4 is 9.64 Å². The number of hydrogen-bond donors (Lipinski definition) is 1. The summed E-state index contributed by atoms with van der Waals surface area (Å²) < 4.78 is 41.7. The summed E-state index contributed by atoms with van der Waals surface area (Å²) in [5.41, 5.74) is 4.25. The van der Waals surface area contributed by atoms with Gasteiger partial charge < -0.3 is 14.7 Å². The summed E-state index contributed by atoms with van der Waals surface area (Å²) in [5.74, 6) is -1.28. The Morgan fingerprint density at radius 1 is 1.03 bits per heavy atom. The Balaban J connectivity index is 1.75. The van der Waals surface area contributed by atoms with Crippen molar-refractivity contribution >= 4 is 17.7 Å². The highest BCUT2D eigenvalue weighted by Gasteiger charge is 2.40. The maximum Gasteiger partial charge on any atom is 0.573 e. The molecular weight excluding hydrogens is 431 g/mol. The van der Waals surface area contributed by atoms with Crippen LogP contribution in [0.3, 0.4) is 0 Å². The van der Waals surface area contributed by atoms with Crippen LogP contribution in [0, 0.1) is 0 Å². The fraction of sp³-hybridized carbons (Fsp3) is 0.192. The summed E-state index contributed by atoms with van der Waals surface area (Å²) in [6.45, 7) is 2.76. The van der Waals surface area contributed by atoms with Gasteiger partial charge in [-0.3, -0.25) is 0 Å². The Morgan fingerprint density at radius 2 is 1.70 bits per heavy atom. The number of alkyl halides is 3. The molecule has 7 heteroatoms. The van der Waals surface area contributed by atoms with Crippen LogP contribution in [0.2, 0.25) is 0 Å². The lowest BCUT2D eigenvalue weighted by atomic mass is 9.76. The first-order chi connectivity index (χ1) is 15.7. The Morgan fingerprint density at radius 3 is 2.33 bits per heavy atom. The van der Waals surface area contributed by atoms with Gasteiger partial charge in [0.2, 0.25) is 0 Å². The molecule has 170 valence electrons. The van der Waals surface area contributed by atoms with E-state index in [4.69, 9.17) is 5.11 Å². The molecule has 0 saturated heterocycles. The fourth-order valence-electron chi connectivity index (χ4n) is 4.43. The lowest BCUT2D eigenvalue weighted by molar-refractivity contribution is -0.274. The van der Waals surface area contributed by atoms with Crippen molar-refractivity contribution in [1.82, 2.24) is 0 Å². The quantitative estimate of drug-likeness (QED) is 0.481. The van der Waals surface area contributed by atoms with Gasteiger partial charge in [-0.15, -0.1) is 13.2 Å². The van der Waals surface area contributed by atoms with E-state index in [1.165, 1.54) is 23.8 Å². The van der Waals surface area contributed by atoms with Gasteiger partial charge in [0.15, 0.2) is 0 Å². The van der Waals surface area contributed by atoms with Gasteiger partial charge in [-0.2, -0.15) is 0 Å². The topological polar surface area (TPSA) is 49.8 Å². The van der Waals surface area contributed by atoms with Crippen LogP contribution >= 0.6 is 0 Å². The zero-order chi connectivity index (χ0) is 23.6. The summed E-state index contributed by atoms with van der Waals surface area (Å²) in [6.07, 6.45) is -1.33. The maximum atomic E-state index is 12.6. The SMILES string of the molecule is CC1(c2ccc(/C=C/C(=O)O)cc2)c2ccccc2CCN1c1ccc(OC(F)(F)F)cc1. The number of aliphatic carboxylic acids is 1. The predicted octanol–water partition coefficient (Wildman–Crippen LogP) is 6.01. The molecule has 1 atom stereocenters. The van der Waals surface area contributed by atoms with Gasteiger partial charge in [0, 0.05) is 18.3 Å². The van der Waals surface area contributed by atoms with E-state index in [1.54, 1.807) is 12.1 Å². The first-order valence-electron chi connectivity index (χ1n) is 10.4. The van der Waals surface area contributed by atoms with Crippen LogP contribution in [0.25, 0.3) is 6.08 Å². The third kappa shape index (κ3) is 4.72. The van der Waals surface area contributed by atoms with Crippen molar-refractivity contribution in [2.75, 3.05) is 11.4 Å². The number of hydrogen-bond acceptors (Lipinski definition) is 3. The summed E-state index contributed by atoms with van der Waals surface area (Å²) in [6, 6.07) is 21.7. The van der Waals surface area contributed by atoms with Crippen molar-refractivity contribution < 1.29 is 27.8 Å². The van der Waals surface area contributed by atoms with E-state index in [1.807, 2.05) is 36.4 Å². The molecule has 0 amide bonds. The van der Waals surface area contributed by atoms with Gasteiger partial charge in [-0.05, 0) is 65.9 Å². The van der Waals surface area contributed by atoms with Crippen molar-refractivity contribution in [1.29, 1.82) is 0 Å². The van der Waals surface area contributed by atoms with Crippen LogP contribution in [0.4, 0.5) is 18.9 Å². The molecule has 1 heterocycles. The minimum absolute atomic E-state index is 0.264. The van der Waals surface area contributed by atoms with E-state index in [0.29, 0.717) is 6.54 Å². The minimum Gasteiger partial charge on any atom is -0.478 e. The van der Waals surface area contributed by atoms with Crippen molar-refractivity contribution in [3.63, 3.8) is 0 Å². The highest BCUT2D eigenvalue weighted by molar-refractivity contribution is 5.85. The second-order valence-electron chi connectivity index (χ2n) is 7.97. The average molecular weight is 453 g/mol. The molecule has 4 nitrogen and oxygen atoms in total. The zero-order valence-corrected chi connectivity index (χ0v) is 17.8. The molecule has 0 aliphatic carbocycles. The first-order valence-corrected chi connectivity index (χ1v) is 10.4. The fourth-order valence-corrected chi connectivity index (χ4v) is 4.43. The maximum absolute atomic E-state index is 12.6. The smallest absolute Gasteiger partial charge is 0.478 e. The second kappa shape index (κ2) is 8.65. The normalized spacial score (nSPS) is 18.2. The van der Waals surface area contributed by atoms with Crippen molar-refractivity contribution in [3.8, 4) is 5.75 Å². The molecule has 1 unspecified atom stereocenters. The molecule has 0 fully saturated rings. The molecule has 0 radical (unpaired) electrons. The molecule has 0 aromatic heterocycles. The Bertz CT molecular complexity index is 1170. The van der Waals surface area contributed by atoms with Gasteiger partial charge in [0.1, 0.15) is 5.75 Å². The van der Waals surface area contributed by atoms with E-state index in [-0.39, 0.29) is 5.75 Å². The van der Waals surface area contributed by atoms with Gasteiger partial charge in [0.05, 0.1) is 5.54 Å². The molecule has 3 aromatic carbocycles. The standard InChI is InChI=1S/C26H22F3NO3/c1-25(20-9-6-18(7-10-20)8-15-24(31)32)23-5-3-2-4-19(23)16-17-30(25)21-11-13-22(14-12-21)33-26(27,28)29/h2-15H,16-17H2,1H3,(H,31,32)/b15-8+. The molecule has 0 bridgehead atoms. The molecule has 3 aromatic rings. The summed E-state index contributed by atoms with van der Waals surface area (Å²) in [4.78, 5) is 13.0. The van der Waals surface area contributed by atoms with Gasteiger partial charge >= 0.3 is 12.3 Å². The number of anilines is 1. The number of carbonyl (C=O) groups is 1. The summed E-state index contributed by atoms with van der Waals surface area (Å²) in [7, 11) is 0. The van der Waals surface area contributed by atoms with E-state index < -0.39 is 17.9 Å². The average Bonchev–Trinajstić information content (AvgIpc) is 2.78. The van der Waals surface area contributed by atoms with E-state index >= 15 is 0 Å². The third-order valence-electron chi connectivity index (χ3n) is 5.96. The first kappa shape index (κ1) is 22.5. The number of fused-ring (bicyclic) bond motifs is 1. The largest absolute Gasteiger partial charge is 0.573 e. The van der Waals surface area contributed by atoms with Gasteiger partial charge in [0.25, 0.3) is 0 Å². The molecular formula is C26H22F3NO3. The molecule has 1 aliphatic heterocycles. The number of rotatable bonds is 5. The third-order valence-corrected chi connectivity index (χ3v) is 5.96. The van der Waals surface area contributed by atoms with Crippen LogP contribution in [-0.2, 0) is 16.8 Å². The van der Waals surface area contributed by atoms with Crippen molar-refractivity contribution in [2.45, 2.75) is 25.2 Å². The molecule has 0 spiro atoms. The van der Waals surface area contributed by atoms with Crippen LogP contribution in [-0.4, -0.2) is 24.0 Å². The van der Waals surface area contributed by atoms with Crippen LogP contribution in [0.5, 0.6) is 5.75 Å². The summed E-state index contributed by atoms with van der Waals surface area (Å²) in [5, 5.41) is 8.86. The Labute approximate surface area is 189 Å². The second-order valence-corrected chi connectivity index (χ2v) is 7.97. The predicted molar refractivity (Wildman–Crippen MR) is 120 cm³/mol. The summed E-state index contributed by atoms with van der Waals surface area (Å²) >= 11 is 0. The molecule has 4 rings (SSSR count). The minimum atomic E-state index is -4.74. The Hall–Kier alpha value is -3.74. The van der Waals surface area contributed by atoms with Crippen molar-refractivity contribution in [2.24, 2.45) is 0 Å². The van der Waals surface area contributed by atoms with Crippen molar-refractivity contribution in [3.05, 3.63) is 101 Å². The number of halogens is 3. The number of carboxylic acids is 1. The van der Waals surface area contributed by atoms with E-state index in [9.17, 15) is 18.0 Å². The number of nitrogens with zero attached hydrogens (tertiary/aromatic N) is 1. The zero-order valence-electron chi connectivity index (χ0n) is 17.8. The van der Waals surface area contributed by atoms with E-state index in [2.05, 4.69) is 28.7 Å². The van der Waals surface area contributed by atoms with E-state index in [0.717, 1.165) is 34.9 Å². The Kier molecular flexibility index (Phi) is 5.89. The highest BCUT2D eigenvalue weighted by Crippen LogP contribution is 2.44. The van der Waals surface area contributed by atoms with Gasteiger partial charge in [-0.1, -0.05) is 48.5 Å². The number of benzene rings is 3. The molecule has 1 aliphatic rings. The molecule has 0 saturated carbocycles. The number of ether oxygens (including phenoxy) is 1. The molecule has 33 heavy (non-hydrogen) atoms. The highest BCUT2D eigenvalue weighted by atomic mass is 19.4. The van der Waals surface area contributed by atoms with Crippen LogP contribution in [0.15, 0.2) is 78.9 Å². The lowest BCUT2D eigenvalue weighted by Gasteiger charge is -2.48. The van der Waals surface area contributed by atoms with Gasteiger partial charge in [-0.25, -0.2) is 4.79 Å².